The highest BCUT2D eigenvalue weighted by Gasteiger charge is 2.26. The third-order valence-electron chi connectivity index (χ3n) is 5.01. The van der Waals surface area contributed by atoms with Gasteiger partial charge in [-0.15, -0.1) is 0 Å². The van der Waals surface area contributed by atoms with Crippen LogP contribution < -0.4 is 5.32 Å². The fourth-order valence-electron chi connectivity index (χ4n) is 3.46. The summed E-state index contributed by atoms with van der Waals surface area (Å²) in [5.41, 5.74) is 4.90. The lowest BCUT2D eigenvalue weighted by Crippen LogP contribution is -2.43. The Kier molecular flexibility index (Phi) is 5.37. The van der Waals surface area contributed by atoms with E-state index in [-0.39, 0.29) is 5.91 Å². The molecule has 132 valence electrons. The van der Waals surface area contributed by atoms with Crippen molar-refractivity contribution in [3.63, 3.8) is 0 Å². The molecule has 1 aliphatic rings. The Morgan fingerprint density at radius 1 is 1.24 bits per heavy atom. The third-order valence-corrected chi connectivity index (χ3v) is 5.01. The monoisotopic (exact) mass is 337 g/mol. The van der Waals surface area contributed by atoms with Gasteiger partial charge in [-0.1, -0.05) is 19.1 Å². The molecule has 2 aromatic rings. The fourth-order valence-corrected chi connectivity index (χ4v) is 3.46. The number of likely N-dealkylation sites (tertiary alicyclic amines) is 1. The van der Waals surface area contributed by atoms with E-state index in [0.29, 0.717) is 11.7 Å². The Labute approximate surface area is 150 Å². The van der Waals surface area contributed by atoms with Crippen molar-refractivity contribution >= 4 is 17.3 Å². The Morgan fingerprint density at radius 2 is 2.08 bits per heavy atom. The van der Waals surface area contributed by atoms with E-state index < -0.39 is 0 Å². The smallest absolute Gasteiger partial charge is 0.272 e. The van der Waals surface area contributed by atoms with Crippen LogP contribution in [0.5, 0.6) is 0 Å². The Morgan fingerprint density at radius 3 is 2.80 bits per heavy atom. The molecule has 1 amide bonds. The number of aryl methyl sites for hydroxylation is 2. The molecule has 4 nitrogen and oxygen atoms in total. The molecule has 3 rings (SSSR count). The van der Waals surface area contributed by atoms with Crippen LogP contribution in [0.4, 0.5) is 11.4 Å². The molecule has 25 heavy (non-hydrogen) atoms. The summed E-state index contributed by atoms with van der Waals surface area (Å²) < 4.78 is 0. The topological polar surface area (TPSA) is 45.2 Å². The molecule has 0 saturated carbocycles. The number of carbonyl (C=O) groups excluding carboxylic acids is 1. The molecule has 2 heterocycles. The van der Waals surface area contributed by atoms with Gasteiger partial charge in [0.15, 0.2) is 0 Å². The number of pyridine rings is 1. The van der Waals surface area contributed by atoms with Crippen LogP contribution in [-0.4, -0.2) is 28.4 Å². The quantitative estimate of drug-likeness (QED) is 0.867. The molecular formula is C21H27N3O. The van der Waals surface area contributed by atoms with E-state index in [4.69, 9.17) is 0 Å². The van der Waals surface area contributed by atoms with Gasteiger partial charge in [-0.05, 0) is 68.9 Å². The van der Waals surface area contributed by atoms with Crippen molar-refractivity contribution in [2.75, 3.05) is 11.9 Å². The predicted molar refractivity (Wildman–Crippen MR) is 102 cm³/mol. The first-order valence-corrected chi connectivity index (χ1v) is 9.19. The molecule has 1 N–H and O–H groups in total. The number of carbonyl (C=O) groups is 1. The summed E-state index contributed by atoms with van der Waals surface area (Å²) in [6.45, 7) is 7.16. The minimum Gasteiger partial charge on any atom is -0.354 e. The SMILES string of the molecule is CCC1CCCCN1C(=O)c1ccc(Nc2cc(C)ccc2C)cn1. The number of rotatable bonds is 4. The van der Waals surface area contributed by atoms with Crippen LogP contribution in [0.15, 0.2) is 36.5 Å². The number of amides is 1. The molecule has 1 fully saturated rings. The Bertz CT molecular complexity index is 739. The van der Waals surface area contributed by atoms with Crippen LogP contribution in [0.1, 0.15) is 54.2 Å². The lowest BCUT2D eigenvalue weighted by atomic mass is 9.99. The highest BCUT2D eigenvalue weighted by atomic mass is 16.2. The summed E-state index contributed by atoms with van der Waals surface area (Å²) >= 11 is 0. The average molecular weight is 337 g/mol. The zero-order valence-corrected chi connectivity index (χ0v) is 15.4. The highest BCUT2D eigenvalue weighted by molar-refractivity contribution is 5.92. The van der Waals surface area contributed by atoms with Crippen LogP contribution in [0, 0.1) is 13.8 Å². The second-order valence-electron chi connectivity index (χ2n) is 6.93. The molecule has 0 aliphatic carbocycles. The molecule has 1 aromatic carbocycles. The number of anilines is 2. The van der Waals surface area contributed by atoms with Crippen LogP contribution in [0.3, 0.4) is 0 Å². The maximum Gasteiger partial charge on any atom is 0.272 e. The van der Waals surface area contributed by atoms with Gasteiger partial charge in [0, 0.05) is 18.3 Å². The zero-order chi connectivity index (χ0) is 17.8. The van der Waals surface area contributed by atoms with E-state index in [0.717, 1.165) is 37.2 Å². The number of nitrogens with one attached hydrogen (secondary N) is 1. The van der Waals surface area contributed by atoms with Gasteiger partial charge in [0.1, 0.15) is 5.69 Å². The van der Waals surface area contributed by atoms with Crippen molar-refractivity contribution < 1.29 is 4.79 Å². The first-order valence-electron chi connectivity index (χ1n) is 9.19. The third kappa shape index (κ3) is 4.01. The van der Waals surface area contributed by atoms with E-state index in [9.17, 15) is 4.79 Å². The van der Waals surface area contributed by atoms with E-state index in [2.05, 4.69) is 49.3 Å². The molecule has 4 heteroatoms. The molecule has 0 spiro atoms. The molecule has 0 bridgehead atoms. The fraction of sp³-hybridized carbons (Fsp3) is 0.429. The second kappa shape index (κ2) is 7.68. The number of benzene rings is 1. The lowest BCUT2D eigenvalue weighted by molar-refractivity contribution is 0.0602. The van der Waals surface area contributed by atoms with Gasteiger partial charge in [0.2, 0.25) is 0 Å². The maximum absolute atomic E-state index is 12.8. The minimum absolute atomic E-state index is 0.0600. The van der Waals surface area contributed by atoms with E-state index in [1.165, 1.54) is 17.5 Å². The number of hydrogen-bond donors (Lipinski definition) is 1. The molecule has 1 aromatic heterocycles. The largest absolute Gasteiger partial charge is 0.354 e. The standard InChI is InChI=1S/C21H27N3O/c1-4-18-7-5-6-12-24(18)21(25)19-11-10-17(14-22-19)23-20-13-15(2)8-9-16(20)3/h8-11,13-14,18,23H,4-7,12H2,1-3H3. The Hall–Kier alpha value is -2.36. The zero-order valence-electron chi connectivity index (χ0n) is 15.4. The van der Waals surface area contributed by atoms with E-state index in [1.807, 2.05) is 17.0 Å². The maximum atomic E-state index is 12.8. The van der Waals surface area contributed by atoms with Gasteiger partial charge >= 0.3 is 0 Å². The van der Waals surface area contributed by atoms with Crippen molar-refractivity contribution in [2.24, 2.45) is 0 Å². The summed E-state index contributed by atoms with van der Waals surface area (Å²) in [5, 5.41) is 3.39. The van der Waals surface area contributed by atoms with Crippen molar-refractivity contribution in [1.29, 1.82) is 0 Å². The molecule has 1 saturated heterocycles. The summed E-state index contributed by atoms with van der Waals surface area (Å²) in [7, 11) is 0. The van der Waals surface area contributed by atoms with E-state index >= 15 is 0 Å². The van der Waals surface area contributed by atoms with Crippen LogP contribution in [0.2, 0.25) is 0 Å². The van der Waals surface area contributed by atoms with Crippen molar-refractivity contribution in [1.82, 2.24) is 9.88 Å². The molecule has 1 atom stereocenters. The normalized spacial score (nSPS) is 17.4. The van der Waals surface area contributed by atoms with Crippen molar-refractivity contribution in [2.45, 2.75) is 52.5 Å². The second-order valence-corrected chi connectivity index (χ2v) is 6.93. The average Bonchev–Trinajstić information content (AvgIpc) is 2.64. The summed E-state index contributed by atoms with van der Waals surface area (Å²) in [4.78, 5) is 19.2. The Balaban J connectivity index is 1.73. The van der Waals surface area contributed by atoms with Crippen LogP contribution >= 0.6 is 0 Å². The van der Waals surface area contributed by atoms with E-state index in [1.54, 1.807) is 6.20 Å². The number of hydrogen-bond acceptors (Lipinski definition) is 3. The van der Waals surface area contributed by atoms with Crippen molar-refractivity contribution in [3.05, 3.63) is 53.3 Å². The van der Waals surface area contributed by atoms with Crippen LogP contribution in [-0.2, 0) is 0 Å². The molecular weight excluding hydrogens is 310 g/mol. The summed E-state index contributed by atoms with van der Waals surface area (Å²) in [6.07, 6.45) is 6.18. The minimum atomic E-state index is 0.0600. The molecule has 1 unspecified atom stereocenters. The van der Waals surface area contributed by atoms with Gasteiger partial charge < -0.3 is 10.2 Å². The summed E-state index contributed by atoms with van der Waals surface area (Å²) in [5.74, 6) is 0.0600. The number of piperidine rings is 1. The summed E-state index contributed by atoms with van der Waals surface area (Å²) in [6, 6.07) is 10.4. The van der Waals surface area contributed by atoms with Gasteiger partial charge in [-0.3, -0.25) is 4.79 Å². The lowest BCUT2D eigenvalue weighted by Gasteiger charge is -2.35. The van der Waals surface area contributed by atoms with Crippen LogP contribution in [0.25, 0.3) is 0 Å². The number of nitrogens with zero attached hydrogens (tertiary/aromatic N) is 2. The van der Waals surface area contributed by atoms with Gasteiger partial charge in [0.05, 0.1) is 11.9 Å². The predicted octanol–water partition coefficient (Wildman–Crippen LogP) is 4.85. The van der Waals surface area contributed by atoms with Gasteiger partial charge in [0.25, 0.3) is 5.91 Å². The first kappa shape index (κ1) is 17.5. The number of aromatic nitrogens is 1. The highest BCUT2D eigenvalue weighted by Crippen LogP contribution is 2.23. The molecule has 0 radical (unpaired) electrons. The van der Waals surface area contributed by atoms with Gasteiger partial charge in [-0.25, -0.2) is 4.98 Å². The first-order chi connectivity index (χ1) is 12.1. The van der Waals surface area contributed by atoms with Gasteiger partial charge in [-0.2, -0.15) is 0 Å². The van der Waals surface area contributed by atoms with Crippen molar-refractivity contribution in [3.8, 4) is 0 Å². The molecule has 1 aliphatic heterocycles.